The summed E-state index contributed by atoms with van der Waals surface area (Å²) in [6.07, 6.45) is 1.24. The number of carbonyl (C=O) groups excluding carboxylic acids is 1. The van der Waals surface area contributed by atoms with Crippen LogP contribution in [-0.2, 0) is 30.8 Å². The fraction of sp³-hybridized carbons (Fsp3) is 0.333. The first-order chi connectivity index (χ1) is 9.76. The third-order valence-electron chi connectivity index (χ3n) is 3.55. The third-order valence-corrected chi connectivity index (χ3v) is 4.44. The van der Waals surface area contributed by atoms with E-state index in [1.807, 2.05) is 17.0 Å². The van der Waals surface area contributed by atoms with Crippen LogP contribution in [0.2, 0.25) is 0 Å². The van der Waals surface area contributed by atoms with Gasteiger partial charge in [-0.15, -0.1) is 11.3 Å². The van der Waals surface area contributed by atoms with Gasteiger partial charge in [0.2, 0.25) is 5.91 Å². The molecule has 0 unspecified atom stereocenters. The lowest BCUT2D eigenvalue weighted by atomic mass is 10.00. The van der Waals surface area contributed by atoms with Crippen molar-refractivity contribution in [1.82, 2.24) is 9.88 Å². The zero-order chi connectivity index (χ0) is 13.9. The quantitative estimate of drug-likeness (QED) is 0.936. The van der Waals surface area contributed by atoms with Crippen molar-refractivity contribution in [3.05, 3.63) is 51.5 Å². The normalized spacial score (nSPS) is 14.2. The Morgan fingerprint density at radius 2 is 2.15 bits per heavy atom. The lowest BCUT2D eigenvalue weighted by Gasteiger charge is -2.28. The van der Waals surface area contributed by atoms with Gasteiger partial charge in [-0.25, -0.2) is 4.98 Å². The summed E-state index contributed by atoms with van der Waals surface area (Å²) in [4.78, 5) is 18.4. The van der Waals surface area contributed by atoms with Gasteiger partial charge in [-0.1, -0.05) is 24.3 Å². The van der Waals surface area contributed by atoms with Crippen molar-refractivity contribution in [1.29, 1.82) is 0 Å². The van der Waals surface area contributed by atoms with Crippen LogP contribution in [-0.4, -0.2) is 27.4 Å². The topological polar surface area (TPSA) is 53.4 Å². The fourth-order valence-corrected chi connectivity index (χ4v) is 3.23. The fourth-order valence-electron chi connectivity index (χ4n) is 2.45. The van der Waals surface area contributed by atoms with E-state index in [4.69, 9.17) is 5.11 Å². The molecule has 1 aliphatic heterocycles. The predicted molar refractivity (Wildman–Crippen MR) is 77.3 cm³/mol. The molecule has 1 amide bonds. The van der Waals surface area contributed by atoms with Gasteiger partial charge in [-0.2, -0.15) is 0 Å². The standard InChI is InChI=1S/C15H16N2O2S/c18-9-13-10-20-14(16-13)7-15(19)17-6-5-11-3-1-2-4-12(11)8-17/h1-4,10,18H,5-9H2. The zero-order valence-corrected chi connectivity index (χ0v) is 11.9. The molecule has 1 aromatic heterocycles. The summed E-state index contributed by atoms with van der Waals surface area (Å²) in [5.41, 5.74) is 3.22. The van der Waals surface area contributed by atoms with Crippen molar-refractivity contribution in [3.63, 3.8) is 0 Å². The van der Waals surface area contributed by atoms with Crippen molar-refractivity contribution >= 4 is 17.2 Å². The van der Waals surface area contributed by atoms with Gasteiger partial charge in [-0.3, -0.25) is 4.79 Å². The molecule has 0 radical (unpaired) electrons. The predicted octanol–water partition coefficient (Wildman–Crippen LogP) is 1.76. The van der Waals surface area contributed by atoms with E-state index in [0.29, 0.717) is 18.7 Å². The SMILES string of the molecule is O=C(Cc1nc(CO)cs1)N1CCc2ccccc2C1. The van der Waals surface area contributed by atoms with Crippen LogP contribution in [0.1, 0.15) is 21.8 Å². The Morgan fingerprint density at radius 1 is 1.35 bits per heavy atom. The number of hydrogen-bond donors (Lipinski definition) is 1. The first kappa shape index (κ1) is 13.3. The highest BCUT2D eigenvalue weighted by Crippen LogP contribution is 2.20. The molecule has 0 spiro atoms. The van der Waals surface area contributed by atoms with Crippen molar-refractivity contribution in [2.45, 2.75) is 26.0 Å². The first-order valence-corrected chi connectivity index (χ1v) is 7.53. The summed E-state index contributed by atoms with van der Waals surface area (Å²) in [5, 5.41) is 11.6. The first-order valence-electron chi connectivity index (χ1n) is 6.65. The summed E-state index contributed by atoms with van der Waals surface area (Å²) in [5.74, 6) is 0.110. The number of thiazole rings is 1. The highest BCUT2D eigenvalue weighted by molar-refractivity contribution is 7.09. The molecular weight excluding hydrogens is 272 g/mol. The summed E-state index contributed by atoms with van der Waals surface area (Å²) in [6.45, 7) is 1.39. The van der Waals surface area contributed by atoms with Crippen LogP contribution in [0.3, 0.4) is 0 Å². The second-order valence-electron chi connectivity index (χ2n) is 4.90. The Hall–Kier alpha value is -1.72. The number of fused-ring (bicyclic) bond motifs is 1. The van der Waals surface area contributed by atoms with E-state index in [0.717, 1.165) is 18.0 Å². The van der Waals surface area contributed by atoms with E-state index in [9.17, 15) is 4.79 Å². The van der Waals surface area contributed by atoms with E-state index in [2.05, 4.69) is 17.1 Å². The second kappa shape index (κ2) is 5.73. The lowest BCUT2D eigenvalue weighted by molar-refractivity contribution is -0.131. The number of nitrogens with zero attached hydrogens (tertiary/aromatic N) is 2. The van der Waals surface area contributed by atoms with Crippen LogP contribution in [0.25, 0.3) is 0 Å². The molecule has 0 saturated heterocycles. The largest absolute Gasteiger partial charge is 0.390 e. The van der Waals surface area contributed by atoms with E-state index in [1.165, 1.54) is 22.5 Å². The van der Waals surface area contributed by atoms with Gasteiger partial charge < -0.3 is 10.0 Å². The van der Waals surface area contributed by atoms with Crippen LogP contribution in [0.4, 0.5) is 0 Å². The highest BCUT2D eigenvalue weighted by Gasteiger charge is 2.21. The number of rotatable bonds is 3. The molecule has 4 nitrogen and oxygen atoms in total. The number of benzene rings is 1. The van der Waals surface area contributed by atoms with Crippen molar-refractivity contribution in [3.8, 4) is 0 Å². The molecule has 0 atom stereocenters. The van der Waals surface area contributed by atoms with E-state index in [-0.39, 0.29) is 12.5 Å². The minimum absolute atomic E-state index is 0.0677. The van der Waals surface area contributed by atoms with Crippen LogP contribution in [0.15, 0.2) is 29.6 Å². The second-order valence-corrected chi connectivity index (χ2v) is 5.84. The monoisotopic (exact) mass is 288 g/mol. The molecule has 20 heavy (non-hydrogen) atoms. The van der Waals surface area contributed by atoms with E-state index < -0.39 is 0 Å². The Kier molecular flexibility index (Phi) is 3.80. The Bertz CT molecular complexity index is 624. The van der Waals surface area contributed by atoms with Crippen molar-refractivity contribution in [2.75, 3.05) is 6.54 Å². The molecule has 1 aromatic carbocycles. The number of aromatic nitrogens is 1. The number of amides is 1. The maximum atomic E-state index is 12.3. The van der Waals surface area contributed by atoms with Gasteiger partial charge in [0.25, 0.3) is 0 Å². The summed E-state index contributed by atoms with van der Waals surface area (Å²) >= 11 is 1.43. The molecule has 0 aliphatic carbocycles. The number of aliphatic hydroxyl groups is 1. The molecule has 0 bridgehead atoms. The Labute approximate surface area is 121 Å². The minimum Gasteiger partial charge on any atom is -0.390 e. The molecule has 0 fully saturated rings. The van der Waals surface area contributed by atoms with Gasteiger partial charge >= 0.3 is 0 Å². The lowest BCUT2D eigenvalue weighted by Crippen LogP contribution is -2.36. The zero-order valence-electron chi connectivity index (χ0n) is 11.1. The number of hydrogen-bond acceptors (Lipinski definition) is 4. The minimum atomic E-state index is -0.0677. The Balaban J connectivity index is 1.67. The van der Waals surface area contributed by atoms with Gasteiger partial charge in [0.05, 0.1) is 18.7 Å². The summed E-state index contributed by atoms with van der Waals surface area (Å²) < 4.78 is 0. The van der Waals surface area contributed by atoms with Gasteiger partial charge in [0.15, 0.2) is 0 Å². The molecule has 1 aliphatic rings. The molecular formula is C15H16N2O2S. The molecule has 2 aromatic rings. The average molecular weight is 288 g/mol. The molecule has 1 N–H and O–H groups in total. The van der Waals surface area contributed by atoms with Gasteiger partial charge in [-0.05, 0) is 17.5 Å². The van der Waals surface area contributed by atoms with Crippen molar-refractivity contribution < 1.29 is 9.90 Å². The van der Waals surface area contributed by atoms with Gasteiger partial charge in [0, 0.05) is 18.5 Å². The summed E-state index contributed by atoms with van der Waals surface area (Å²) in [6, 6.07) is 8.27. The molecule has 5 heteroatoms. The number of aliphatic hydroxyl groups excluding tert-OH is 1. The molecule has 0 saturated carbocycles. The molecule has 2 heterocycles. The summed E-state index contributed by atoms with van der Waals surface area (Å²) in [7, 11) is 0. The Morgan fingerprint density at radius 3 is 2.90 bits per heavy atom. The van der Waals surface area contributed by atoms with Gasteiger partial charge in [0.1, 0.15) is 5.01 Å². The van der Waals surface area contributed by atoms with Crippen LogP contribution in [0.5, 0.6) is 0 Å². The highest BCUT2D eigenvalue weighted by atomic mass is 32.1. The van der Waals surface area contributed by atoms with Crippen LogP contribution < -0.4 is 0 Å². The molecule has 104 valence electrons. The smallest absolute Gasteiger partial charge is 0.229 e. The van der Waals surface area contributed by atoms with Crippen LogP contribution >= 0.6 is 11.3 Å². The van der Waals surface area contributed by atoms with Crippen molar-refractivity contribution in [2.24, 2.45) is 0 Å². The number of carbonyl (C=O) groups is 1. The average Bonchev–Trinajstić information content (AvgIpc) is 2.94. The third kappa shape index (κ3) is 2.73. The molecule has 3 rings (SSSR count). The van der Waals surface area contributed by atoms with Crippen LogP contribution in [0, 0.1) is 0 Å². The van der Waals surface area contributed by atoms with E-state index >= 15 is 0 Å². The maximum absolute atomic E-state index is 12.3. The maximum Gasteiger partial charge on any atom is 0.229 e. The van der Waals surface area contributed by atoms with E-state index in [1.54, 1.807) is 5.38 Å².